The second kappa shape index (κ2) is 8.50. The summed E-state index contributed by atoms with van der Waals surface area (Å²) in [6, 6.07) is 14.4. The molecule has 0 aliphatic heterocycles. The Balaban J connectivity index is 1.46. The first kappa shape index (κ1) is 20.4. The van der Waals surface area contributed by atoms with Crippen LogP contribution in [0.1, 0.15) is 34.5 Å². The molecule has 1 aliphatic carbocycles. The first-order chi connectivity index (χ1) is 14.4. The van der Waals surface area contributed by atoms with E-state index in [9.17, 15) is 9.59 Å². The van der Waals surface area contributed by atoms with Gasteiger partial charge in [-0.25, -0.2) is 4.68 Å². The second-order valence-corrected chi connectivity index (χ2v) is 8.06. The molecule has 6 nitrogen and oxygen atoms in total. The van der Waals surface area contributed by atoms with Crippen molar-refractivity contribution in [1.29, 1.82) is 0 Å². The van der Waals surface area contributed by atoms with Gasteiger partial charge in [-0.1, -0.05) is 41.4 Å². The Hall–Kier alpha value is -2.83. The van der Waals surface area contributed by atoms with E-state index in [1.165, 1.54) is 0 Å². The molecule has 0 saturated heterocycles. The number of aryl methyl sites for hydroxylation is 1. The lowest BCUT2D eigenvalue weighted by atomic mass is 10.2. The molecule has 3 aromatic rings. The monoisotopic (exact) mass is 442 g/mol. The first-order valence-electron chi connectivity index (χ1n) is 9.61. The standard InChI is InChI=1S/C22H20Cl2N4O2/c1-13-19(20(24)28(27-13)12-15-4-2-3-5-18(15)23)22(30)26-17-10-8-16(9-11-17)25-21(29)14-6-7-14/h2-5,8-11,14H,6-7,12H2,1H3,(H,25,29)(H,26,30). The molecule has 0 radical (unpaired) electrons. The van der Waals surface area contributed by atoms with Gasteiger partial charge >= 0.3 is 0 Å². The molecule has 0 unspecified atom stereocenters. The third-order valence-corrected chi connectivity index (χ3v) is 5.68. The Kier molecular flexibility index (Phi) is 5.79. The number of amides is 2. The third-order valence-electron chi connectivity index (χ3n) is 4.93. The fraction of sp³-hybridized carbons (Fsp3) is 0.227. The summed E-state index contributed by atoms with van der Waals surface area (Å²) in [5.74, 6) is -0.172. The van der Waals surface area contributed by atoms with Crippen molar-refractivity contribution in [2.45, 2.75) is 26.3 Å². The third kappa shape index (κ3) is 4.50. The molecule has 8 heteroatoms. The van der Waals surface area contributed by atoms with Crippen molar-refractivity contribution in [3.05, 3.63) is 75.5 Å². The fourth-order valence-electron chi connectivity index (χ4n) is 3.12. The fourth-order valence-corrected chi connectivity index (χ4v) is 3.64. The van der Waals surface area contributed by atoms with Crippen LogP contribution in [0.3, 0.4) is 0 Å². The lowest BCUT2D eigenvalue weighted by Gasteiger charge is -2.08. The van der Waals surface area contributed by atoms with Gasteiger partial charge in [0.25, 0.3) is 5.91 Å². The van der Waals surface area contributed by atoms with Crippen molar-refractivity contribution in [2.24, 2.45) is 5.92 Å². The van der Waals surface area contributed by atoms with Crippen LogP contribution in [0.5, 0.6) is 0 Å². The van der Waals surface area contributed by atoms with Gasteiger partial charge in [-0.3, -0.25) is 9.59 Å². The minimum absolute atomic E-state index is 0.0418. The van der Waals surface area contributed by atoms with Gasteiger partial charge in [0.15, 0.2) is 0 Å². The van der Waals surface area contributed by atoms with Crippen LogP contribution >= 0.6 is 23.2 Å². The van der Waals surface area contributed by atoms with Crippen molar-refractivity contribution in [3.63, 3.8) is 0 Å². The smallest absolute Gasteiger partial charge is 0.260 e. The molecule has 0 bridgehead atoms. The summed E-state index contributed by atoms with van der Waals surface area (Å²) in [7, 11) is 0. The largest absolute Gasteiger partial charge is 0.326 e. The van der Waals surface area contributed by atoms with E-state index in [4.69, 9.17) is 23.2 Å². The van der Waals surface area contributed by atoms with Gasteiger partial charge in [-0.2, -0.15) is 5.10 Å². The number of carbonyl (C=O) groups excluding carboxylic acids is 2. The molecule has 2 N–H and O–H groups in total. The number of carbonyl (C=O) groups is 2. The minimum Gasteiger partial charge on any atom is -0.326 e. The van der Waals surface area contributed by atoms with Crippen molar-refractivity contribution in [3.8, 4) is 0 Å². The van der Waals surface area contributed by atoms with Gasteiger partial charge in [-0.05, 0) is 55.7 Å². The quantitative estimate of drug-likeness (QED) is 0.554. The number of hydrogen-bond acceptors (Lipinski definition) is 3. The van der Waals surface area contributed by atoms with E-state index in [1.807, 2.05) is 18.2 Å². The molecule has 2 aromatic carbocycles. The van der Waals surface area contributed by atoms with Gasteiger partial charge in [0.2, 0.25) is 5.91 Å². The van der Waals surface area contributed by atoms with Crippen LogP contribution in [-0.2, 0) is 11.3 Å². The molecule has 0 atom stereocenters. The van der Waals surface area contributed by atoms with Crippen LogP contribution in [0.15, 0.2) is 48.5 Å². The van der Waals surface area contributed by atoms with E-state index in [0.29, 0.717) is 34.2 Å². The maximum Gasteiger partial charge on any atom is 0.260 e. The van der Waals surface area contributed by atoms with E-state index in [-0.39, 0.29) is 22.9 Å². The highest BCUT2D eigenvalue weighted by Gasteiger charge is 2.29. The minimum atomic E-state index is -0.349. The molecule has 4 rings (SSSR count). The van der Waals surface area contributed by atoms with E-state index in [2.05, 4.69) is 15.7 Å². The SMILES string of the molecule is Cc1nn(Cc2ccccc2Cl)c(Cl)c1C(=O)Nc1ccc(NC(=O)C2CC2)cc1. The Morgan fingerprint density at radius 1 is 1.03 bits per heavy atom. The maximum absolute atomic E-state index is 12.8. The van der Waals surface area contributed by atoms with Crippen LogP contribution in [-0.4, -0.2) is 21.6 Å². The summed E-state index contributed by atoms with van der Waals surface area (Å²) >= 11 is 12.7. The lowest BCUT2D eigenvalue weighted by molar-refractivity contribution is -0.117. The summed E-state index contributed by atoms with van der Waals surface area (Å²) in [6.45, 7) is 2.10. The second-order valence-electron chi connectivity index (χ2n) is 7.30. The van der Waals surface area contributed by atoms with Gasteiger partial charge in [0.05, 0.1) is 17.8 Å². The average molecular weight is 443 g/mol. The number of benzene rings is 2. The molecule has 154 valence electrons. The number of rotatable bonds is 6. The van der Waals surface area contributed by atoms with E-state index in [1.54, 1.807) is 41.9 Å². The van der Waals surface area contributed by atoms with Gasteiger partial charge in [0, 0.05) is 22.3 Å². The van der Waals surface area contributed by atoms with Gasteiger partial charge < -0.3 is 10.6 Å². The van der Waals surface area contributed by atoms with Crippen LogP contribution in [0.4, 0.5) is 11.4 Å². The van der Waals surface area contributed by atoms with E-state index in [0.717, 1.165) is 18.4 Å². The highest BCUT2D eigenvalue weighted by Crippen LogP contribution is 2.30. The Labute approximate surface area is 184 Å². The zero-order chi connectivity index (χ0) is 21.3. The number of aromatic nitrogens is 2. The van der Waals surface area contributed by atoms with Crippen LogP contribution < -0.4 is 10.6 Å². The van der Waals surface area contributed by atoms with Gasteiger partial charge in [0.1, 0.15) is 5.15 Å². The summed E-state index contributed by atoms with van der Waals surface area (Å²) in [4.78, 5) is 24.6. The number of nitrogens with one attached hydrogen (secondary N) is 2. The van der Waals surface area contributed by atoms with E-state index < -0.39 is 0 Å². The van der Waals surface area contributed by atoms with Crippen molar-refractivity contribution in [2.75, 3.05) is 10.6 Å². The summed E-state index contributed by atoms with van der Waals surface area (Å²) in [5, 5.41) is 11.0. The Morgan fingerprint density at radius 2 is 1.67 bits per heavy atom. The normalized spacial score (nSPS) is 13.2. The highest BCUT2D eigenvalue weighted by atomic mass is 35.5. The molecule has 2 amide bonds. The Morgan fingerprint density at radius 3 is 2.30 bits per heavy atom. The van der Waals surface area contributed by atoms with Crippen LogP contribution in [0.2, 0.25) is 10.2 Å². The maximum atomic E-state index is 12.8. The zero-order valence-corrected chi connectivity index (χ0v) is 17.8. The highest BCUT2D eigenvalue weighted by molar-refractivity contribution is 6.34. The molecular weight excluding hydrogens is 423 g/mol. The van der Waals surface area contributed by atoms with E-state index >= 15 is 0 Å². The number of halogens is 2. The predicted octanol–water partition coefficient (Wildman–Crippen LogP) is 5.15. The molecule has 1 saturated carbocycles. The topological polar surface area (TPSA) is 76.0 Å². The van der Waals surface area contributed by atoms with Crippen LogP contribution in [0, 0.1) is 12.8 Å². The summed E-state index contributed by atoms with van der Waals surface area (Å²) in [5.41, 5.74) is 3.00. The van der Waals surface area contributed by atoms with Crippen molar-refractivity contribution >= 4 is 46.4 Å². The Bertz CT molecular complexity index is 1100. The number of nitrogens with zero attached hydrogens (tertiary/aromatic N) is 2. The molecular formula is C22H20Cl2N4O2. The summed E-state index contributed by atoms with van der Waals surface area (Å²) in [6.07, 6.45) is 1.90. The predicted molar refractivity (Wildman–Crippen MR) is 118 cm³/mol. The molecule has 1 fully saturated rings. The molecule has 30 heavy (non-hydrogen) atoms. The first-order valence-corrected chi connectivity index (χ1v) is 10.4. The molecule has 0 spiro atoms. The number of anilines is 2. The molecule has 1 aromatic heterocycles. The molecule has 1 aliphatic rings. The lowest BCUT2D eigenvalue weighted by Crippen LogP contribution is -2.14. The zero-order valence-electron chi connectivity index (χ0n) is 16.3. The van der Waals surface area contributed by atoms with Crippen LogP contribution in [0.25, 0.3) is 0 Å². The van der Waals surface area contributed by atoms with Gasteiger partial charge in [-0.15, -0.1) is 0 Å². The summed E-state index contributed by atoms with van der Waals surface area (Å²) < 4.78 is 1.56. The van der Waals surface area contributed by atoms with Crippen molar-refractivity contribution < 1.29 is 9.59 Å². The van der Waals surface area contributed by atoms with Crippen molar-refractivity contribution in [1.82, 2.24) is 9.78 Å². The average Bonchev–Trinajstić information content (AvgIpc) is 3.52. The molecule has 1 heterocycles. The number of hydrogen-bond donors (Lipinski definition) is 2.